The first kappa shape index (κ1) is 12.0. The lowest BCUT2D eigenvalue weighted by Crippen LogP contribution is -2.38. The van der Waals surface area contributed by atoms with Crippen LogP contribution in [0, 0.1) is 11.8 Å². The summed E-state index contributed by atoms with van der Waals surface area (Å²) in [4.78, 5) is 11.3. The van der Waals surface area contributed by atoms with E-state index in [-0.39, 0.29) is 19.3 Å². The van der Waals surface area contributed by atoms with Crippen LogP contribution in [0.5, 0.6) is 0 Å². The number of amides is 1. The van der Waals surface area contributed by atoms with Crippen LogP contribution in [0.1, 0.15) is 19.3 Å². The van der Waals surface area contributed by atoms with Gasteiger partial charge in [-0.1, -0.05) is 11.6 Å². The van der Waals surface area contributed by atoms with Gasteiger partial charge >= 0.3 is 0 Å². The third-order valence-electron chi connectivity index (χ3n) is 2.86. The van der Waals surface area contributed by atoms with Crippen molar-refractivity contribution in [3.05, 3.63) is 0 Å². The van der Waals surface area contributed by atoms with Crippen LogP contribution >= 0.6 is 11.6 Å². The largest absolute Gasteiger partial charge is 0.274 e. The Morgan fingerprint density at radius 1 is 1.44 bits per heavy atom. The number of sulfonamides is 1. The molecule has 0 bridgehead atoms. The molecule has 0 radical (unpaired) electrons. The van der Waals surface area contributed by atoms with E-state index < -0.39 is 38.4 Å². The molecule has 4 nitrogen and oxygen atoms in total. The summed E-state index contributed by atoms with van der Waals surface area (Å²) in [6.45, 7) is 0. The van der Waals surface area contributed by atoms with Crippen molar-refractivity contribution in [1.82, 2.24) is 4.72 Å². The SMILES string of the molecule is O=C(NS(=O)(=O)C1(Cl)CC1)C1CC1C(F)F. The second-order valence-electron chi connectivity index (χ2n) is 4.19. The third kappa shape index (κ3) is 2.02. The zero-order valence-electron chi connectivity index (χ0n) is 8.12. The number of alkyl halides is 3. The molecule has 2 unspecified atom stereocenters. The minimum atomic E-state index is -3.92. The number of hydrogen-bond acceptors (Lipinski definition) is 3. The summed E-state index contributed by atoms with van der Waals surface area (Å²) in [6.07, 6.45) is -1.99. The fourth-order valence-electron chi connectivity index (χ4n) is 1.46. The van der Waals surface area contributed by atoms with E-state index in [4.69, 9.17) is 11.6 Å². The highest BCUT2D eigenvalue weighted by molar-refractivity contribution is 7.93. The van der Waals surface area contributed by atoms with Gasteiger partial charge in [0.15, 0.2) is 4.21 Å². The maximum Gasteiger partial charge on any atom is 0.254 e. The molecule has 0 aliphatic heterocycles. The van der Waals surface area contributed by atoms with Crippen LogP contribution in [0.25, 0.3) is 0 Å². The van der Waals surface area contributed by atoms with E-state index >= 15 is 0 Å². The van der Waals surface area contributed by atoms with Crippen molar-refractivity contribution in [2.24, 2.45) is 11.8 Å². The van der Waals surface area contributed by atoms with Crippen LogP contribution in [0.3, 0.4) is 0 Å². The first-order valence-electron chi connectivity index (χ1n) is 4.80. The molecule has 2 rings (SSSR count). The minimum absolute atomic E-state index is 0.0360. The Kier molecular flexibility index (Phi) is 2.66. The highest BCUT2D eigenvalue weighted by Gasteiger charge is 2.56. The molecule has 0 aromatic heterocycles. The molecule has 2 saturated carbocycles. The number of carbonyl (C=O) groups excluding carboxylic acids is 1. The van der Waals surface area contributed by atoms with Gasteiger partial charge in [-0.3, -0.25) is 9.52 Å². The maximum atomic E-state index is 12.2. The second kappa shape index (κ2) is 3.53. The highest BCUT2D eigenvalue weighted by atomic mass is 35.5. The Balaban J connectivity index is 1.94. The van der Waals surface area contributed by atoms with Gasteiger partial charge in [0.2, 0.25) is 12.3 Å². The summed E-state index contributed by atoms with van der Waals surface area (Å²) in [7, 11) is -3.92. The van der Waals surface area contributed by atoms with E-state index in [0.717, 1.165) is 0 Å². The molecule has 0 aromatic carbocycles. The lowest BCUT2D eigenvalue weighted by molar-refractivity contribution is -0.121. The predicted octanol–water partition coefficient (Wildman–Crippen LogP) is 1.06. The summed E-state index contributed by atoms with van der Waals surface area (Å²) >= 11 is 5.65. The van der Waals surface area contributed by atoms with Gasteiger partial charge in [-0.2, -0.15) is 0 Å². The molecule has 8 heteroatoms. The van der Waals surface area contributed by atoms with E-state index in [9.17, 15) is 22.0 Å². The average molecular weight is 274 g/mol. The lowest BCUT2D eigenvalue weighted by atomic mass is 10.3. The smallest absolute Gasteiger partial charge is 0.254 e. The fraction of sp³-hybridized carbons (Fsp3) is 0.875. The Bertz CT molecular complexity index is 421. The first-order valence-corrected chi connectivity index (χ1v) is 6.66. The molecule has 2 aliphatic rings. The van der Waals surface area contributed by atoms with Crippen molar-refractivity contribution < 1.29 is 22.0 Å². The molecule has 0 aromatic rings. The molecular weight excluding hydrogens is 264 g/mol. The van der Waals surface area contributed by atoms with E-state index in [1.54, 1.807) is 4.72 Å². The Morgan fingerprint density at radius 3 is 2.38 bits per heavy atom. The summed E-state index contributed by atoms with van der Waals surface area (Å²) in [5.41, 5.74) is 0. The molecule has 2 aliphatic carbocycles. The first-order chi connectivity index (χ1) is 7.27. The molecule has 1 amide bonds. The monoisotopic (exact) mass is 273 g/mol. The van der Waals surface area contributed by atoms with Crippen molar-refractivity contribution in [2.75, 3.05) is 0 Å². The number of nitrogens with one attached hydrogen (secondary N) is 1. The van der Waals surface area contributed by atoms with Crippen LogP contribution < -0.4 is 4.72 Å². The van der Waals surface area contributed by atoms with E-state index in [0.29, 0.717) is 0 Å². The molecule has 2 atom stereocenters. The van der Waals surface area contributed by atoms with Crippen LogP contribution in [0.2, 0.25) is 0 Å². The standard InChI is InChI=1S/C8H10ClF2NO3S/c9-8(1-2-8)16(14,15)12-7(13)5-3-4(5)6(10)11/h4-6H,1-3H2,(H,12,13). The number of hydrogen-bond donors (Lipinski definition) is 1. The van der Waals surface area contributed by atoms with Crippen LogP contribution in [-0.2, 0) is 14.8 Å². The third-order valence-corrected chi connectivity index (χ3v) is 5.69. The van der Waals surface area contributed by atoms with Crippen LogP contribution in [0.4, 0.5) is 8.78 Å². The Labute approximate surface area is 96.4 Å². The molecule has 0 saturated heterocycles. The Morgan fingerprint density at radius 2 is 2.00 bits per heavy atom. The molecule has 2 fully saturated rings. The maximum absolute atomic E-state index is 12.2. The predicted molar refractivity (Wildman–Crippen MR) is 52.5 cm³/mol. The number of rotatable bonds is 4. The molecule has 0 spiro atoms. The van der Waals surface area contributed by atoms with E-state index in [1.165, 1.54) is 0 Å². The normalized spacial score (nSPS) is 31.2. The quantitative estimate of drug-likeness (QED) is 0.779. The van der Waals surface area contributed by atoms with Gasteiger partial charge in [0.05, 0.1) is 0 Å². The van der Waals surface area contributed by atoms with Gasteiger partial charge in [0.1, 0.15) is 0 Å². The molecule has 0 heterocycles. The van der Waals surface area contributed by atoms with E-state index in [1.807, 2.05) is 0 Å². The fourth-order valence-corrected chi connectivity index (χ4v) is 2.91. The van der Waals surface area contributed by atoms with Crippen LogP contribution in [-0.4, -0.2) is 25.0 Å². The van der Waals surface area contributed by atoms with Crippen molar-refractivity contribution in [1.29, 1.82) is 0 Å². The van der Waals surface area contributed by atoms with Crippen molar-refractivity contribution in [3.8, 4) is 0 Å². The van der Waals surface area contributed by atoms with Crippen molar-refractivity contribution in [2.45, 2.75) is 29.9 Å². The minimum Gasteiger partial charge on any atom is -0.274 e. The van der Waals surface area contributed by atoms with Crippen LogP contribution in [0.15, 0.2) is 0 Å². The topological polar surface area (TPSA) is 63.2 Å². The van der Waals surface area contributed by atoms with Gasteiger partial charge in [-0.05, 0) is 19.3 Å². The number of halogens is 3. The summed E-state index contributed by atoms with van der Waals surface area (Å²) in [5, 5.41) is 0. The zero-order chi connectivity index (χ0) is 12.1. The second-order valence-corrected chi connectivity index (χ2v) is 7.13. The van der Waals surface area contributed by atoms with Crippen molar-refractivity contribution >= 4 is 27.5 Å². The zero-order valence-corrected chi connectivity index (χ0v) is 9.69. The number of carbonyl (C=O) groups is 1. The molecule has 1 N–H and O–H groups in total. The molecule has 92 valence electrons. The highest BCUT2D eigenvalue weighted by Crippen LogP contribution is 2.48. The summed E-state index contributed by atoms with van der Waals surface area (Å²) < 4.78 is 47.6. The van der Waals surface area contributed by atoms with Gasteiger partial charge in [0, 0.05) is 11.8 Å². The van der Waals surface area contributed by atoms with Gasteiger partial charge < -0.3 is 0 Å². The van der Waals surface area contributed by atoms with E-state index in [2.05, 4.69) is 0 Å². The molecule has 16 heavy (non-hydrogen) atoms. The van der Waals surface area contributed by atoms with Gasteiger partial charge in [-0.25, -0.2) is 17.2 Å². The van der Waals surface area contributed by atoms with Gasteiger partial charge in [0.25, 0.3) is 10.0 Å². The van der Waals surface area contributed by atoms with Crippen molar-refractivity contribution in [3.63, 3.8) is 0 Å². The lowest BCUT2D eigenvalue weighted by Gasteiger charge is -2.09. The van der Waals surface area contributed by atoms with Gasteiger partial charge in [-0.15, -0.1) is 0 Å². The summed E-state index contributed by atoms with van der Waals surface area (Å²) in [6, 6.07) is 0. The Hall–Kier alpha value is -0.430. The average Bonchev–Trinajstić information content (AvgIpc) is 2.93. The molecular formula is C8H10ClF2NO3S. The summed E-state index contributed by atoms with van der Waals surface area (Å²) in [5.74, 6) is -2.77.